The molecule has 16 heavy (non-hydrogen) atoms. The summed E-state index contributed by atoms with van der Waals surface area (Å²) in [7, 11) is 3.87. The Morgan fingerprint density at radius 3 is 2.56 bits per heavy atom. The highest BCUT2D eigenvalue weighted by atomic mass is 35.5. The van der Waals surface area contributed by atoms with Crippen LogP contribution >= 0.6 is 12.4 Å². The van der Waals surface area contributed by atoms with Gasteiger partial charge in [0.2, 0.25) is 0 Å². The second kappa shape index (κ2) is 6.51. The van der Waals surface area contributed by atoms with Crippen molar-refractivity contribution in [2.24, 2.45) is 5.92 Å². The van der Waals surface area contributed by atoms with Crippen LogP contribution in [0.15, 0.2) is 24.3 Å². The van der Waals surface area contributed by atoms with Crippen molar-refractivity contribution >= 4 is 18.2 Å². The minimum Gasteiger partial charge on any atom is -0.508 e. The van der Waals surface area contributed by atoms with E-state index in [1.165, 1.54) is 6.07 Å². The summed E-state index contributed by atoms with van der Waals surface area (Å²) in [4.78, 5) is 13.9. The molecule has 0 bridgehead atoms. The molecule has 0 amide bonds. The first-order valence-electron chi connectivity index (χ1n) is 4.98. The van der Waals surface area contributed by atoms with Gasteiger partial charge in [-0.15, -0.1) is 12.4 Å². The number of carbonyl (C=O) groups is 1. The van der Waals surface area contributed by atoms with Gasteiger partial charge in [-0.05, 0) is 26.2 Å². The lowest BCUT2D eigenvalue weighted by molar-refractivity contribution is 0.0909. The van der Waals surface area contributed by atoms with Crippen LogP contribution in [0.2, 0.25) is 0 Å². The molecule has 3 nitrogen and oxygen atoms in total. The van der Waals surface area contributed by atoms with Crippen molar-refractivity contribution in [2.75, 3.05) is 20.6 Å². The van der Waals surface area contributed by atoms with E-state index in [4.69, 9.17) is 0 Å². The lowest BCUT2D eigenvalue weighted by atomic mass is 9.99. The highest BCUT2D eigenvalue weighted by molar-refractivity contribution is 5.98. The van der Waals surface area contributed by atoms with Crippen molar-refractivity contribution < 1.29 is 9.90 Å². The van der Waals surface area contributed by atoms with E-state index < -0.39 is 0 Å². The highest BCUT2D eigenvalue weighted by Gasteiger charge is 2.15. The molecule has 0 radical (unpaired) electrons. The zero-order valence-corrected chi connectivity index (χ0v) is 10.6. The van der Waals surface area contributed by atoms with Gasteiger partial charge < -0.3 is 10.0 Å². The predicted octanol–water partition coefficient (Wildman–Crippen LogP) is 2.19. The smallest absolute Gasteiger partial charge is 0.167 e. The summed E-state index contributed by atoms with van der Waals surface area (Å²) in [5.41, 5.74) is 0.573. The third kappa shape index (κ3) is 4.21. The van der Waals surface area contributed by atoms with E-state index in [0.717, 1.165) is 0 Å². The Morgan fingerprint density at radius 2 is 2.06 bits per heavy atom. The predicted molar refractivity (Wildman–Crippen MR) is 67.4 cm³/mol. The number of carbonyl (C=O) groups excluding carboxylic acids is 1. The monoisotopic (exact) mass is 243 g/mol. The minimum absolute atomic E-state index is 0. The fraction of sp³-hybridized carbons (Fsp3) is 0.417. The molecule has 0 aliphatic carbocycles. The van der Waals surface area contributed by atoms with Crippen LogP contribution in [0.5, 0.6) is 5.75 Å². The SMILES string of the molecule is CC(CN(C)C)C(=O)c1cccc(O)c1.Cl. The summed E-state index contributed by atoms with van der Waals surface area (Å²) in [5.74, 6) is 0.152. The number of rotatable bonds is 4. The van der Waals surface area contributed by atoms with E-state index in [1.807, 2.05) is 25.9 Å². The quantitative estimate of drug-likeness (QED) is 0.825. The molecule has 1 unspecified atom stereocenters. The summed E-state index contributed by atoms with van der Waals surface area (Å²) in [5, 5.41) is 9.26. The third-order valence-corrected chi connectivity index (χ3v) is 2.22. The summed E-state index contributed by atoms with van der Waals surface area (Å²) in [6, 6.07) is 6.49. The highest BCUT2D eigenvalue weighted by Crippen LogP contribution is 2.15. The molecule has 0 saturated heterocycles. The van der Waals surface area contributed by atoms with E-state index in [9.17, 15) is 9.90 Å². The average molecular weight is 244 g/mol. The average Bonchev–Trinajstić information content (AvgIpc) is 2.15. The van der Waals surface area contributed by atoms with Gasteiger partial charge in [-0.3, -0.25) is 4.79 Å². The fourth-order valence-electron chi connectivity index (χ4n) is 1.57. The van der Waals surface area contributed by atoms with Crippen molar-refractivity contribution in [1.82, 2.24) is 4.90 Å². The number of phenolic OH excluding ortho intramolecular Hbond substituents is 1. The first-order chi connectivity index (χ1) is 7.00. The van der Waals surface area contributed by atoms with Crippen molar-refractivity contribution in [3.05, 3.63) is 29.8 Å². The molecule has 1 aromatic rings. The Hall–Kier alpha value is -1.06. The number of halogens is 1. The number of benzene rings is 1. The second-order valence-electron chi connectivity index (χ2n) is 4.08. The normalized spacial score (nSPS) is 12.0. The summed E-state index contributed by atoms with van der Waals surface area (Å²) in [6.07, 6.45) is 0. The van der Waals surface area contributed by atoms with Crippen LogP contribution in [0.3, 0.4) is 0 Å². The largest absolute Gasteiger partial charge is 0.508 e. The summed E-state index contributed by atoms with van der Waals surface area (Å²) < 4.78 is 0. The number of hydrogen-bond acceptors (Lipinski definition) is 3. The van der Waals surface area contributed by atoms with Gasteiger partial charge in [-0.1, -0.05) is 19.1 Å². The molecule has 0 aliphatic heterocycles. The molecule has 0 saturated carbocycles. The topological polar surface area (TPSA) is 40.5 Å². The Bertz CT molecular complexity index is 353. The van der Waals surface area contributed by atoms with Crippen LogP contribution in [0, 0.1) is 5.92 Å². The van der Waals surface area contributed by atoms with Gasteiger partial charge in [0.25, 0.3) is 0 Å². The van der Waals surface area contributed by atoms with Crippen LogP contribution in [-0.4, -0.2) is 36.4 Å². The molecule has 1 aromatic carbocycles. The van der Waals surface area contributed by atoms with Gasteiger partial charge in [-0.2, -0.15) is 0 Å². The molecule has 0 fully saturated rings. The first kappa shape index (κ1) is 14.9. The Kier molecular flexibility index (Phi) is 6.08. The Labute approximate surface area is 102 Å². The number of Topliss-reactive ketones (excluding diaryl/α,β-unsaturated/α-hetero) is 1. The van der Waals surface area contributed by atoms with Crippen molar-refractivity contribution in [1.29, 1.82) is 0 Å². The lowest BCUT2D eigenvalue weighted by Gasteiger charge is -2.15. The zero-order chi connectivity index (χ0) is 11.4. The standard InChI is InChI=1S/C12H17NO2.ClH/c1-9(8-13(2)3)12(15)10-5-4-6-11(14)7-10;/h4-7,9,14H,8H2,1-3H3;1H. The van der Waals surface area contributed by atoms with Crippen LogP contribution in [0.4, 0.5) is 0 Å². The molecule has 0 spiro atoms. The molecule has 0 aliphatic rings. The lowest BCUT2D eigenvalue weighted by Crippen LogP contribution is -2.25. The first-order valence-corrected chi connectivity index (χ1v) is 4.98. The fourth-order valence-corrected chi connectivity index (χ4v) is 1.57. The second-order valence-corrected chi connectivity index (χ2v) is 4.08. The van der Waals surface area contributed by atoms with Gasteiger partial charge in [-0.25, -0.2) is 0 Å². The molecule has 0 heterocycles. The number of hydrogen-bond donors (Lipinski definition) is 1. The summed E-state index contributed by atoms with van der Waals surface area (Å²) >= 11 is 0. The van der Waals surface area contributed by atoms with Crippen LogP contribution in [0.1, 0.15) is 17.3 Å². The molecule has 90 valence electrons. The van der Waals surface area contributed by atoms with E-state index in [-0.39, 0.29) is 29.9 Å². The van der Waals surface area contributed by atoms with E-state index >= 15 is 0 Å². The number of phenols is 1. The Morgan fingerprint density at radius 1 is 1.44 bits per heavy atom. The van der Waals surface area contributed by atoms with Gasteiger partial charge in [0.1, 0.15) is 5.75 Å². The Balaban J connectivity index is 0.00000225. The molecule has 1 N–H and O–H groups in total. The van der Waals surface area contributed by atoms with E-state index in [1.54, 1.807) is 18.2 Å². The molecule has 1 atom stereocenters. The van der Waals surface area contributed by atoms with Crippen molar-refractivity contribution in [3.63, 3.8) is 0 Å². The van der Waals surface area contributed by atoms with Crippen LogP contribution < -0.4 is 0 Å². The maximum atomic E-state index is 11.9. The van der Waals surface area contributed by atoms with E-state index in [2.05, 4.69) is 0 Å². The molecule has 1 rings (SSSR count). The van der Waals surface area contributed by atoms with Crippen LogP contribution in [-0.2, 0) is 0 Å². The van der Waals surface area contributed by atoms with Crippen LogP contribution in [0.25, 0.3) is 0 Å². The van der Waals surface area contributed by atoms with Gasteiger partial charge in [0.15, 0.2) is 5.78 Å². The minimum atomic E-state index is -0.0539. The van der Waals surface area contributed by atoms with E-state index in [0.29, 0.717) is 12.1 Å². The maximum Gasteiger partial charge on any atom is 0.167 e. The summed E-state index contributed by atoms with van der Waals surface area (Å²) in [6.45, 7) is 2.61. The maximum absolute atomic E-state index is 11.9. The number of nitrogens with zero attached hydrogens (tertiary/aromatic N) is 1. The molecular weight excluding hydrogens is 226 g/mol. The number of ketones is 1. The van der Waals surface area contributed by atoms with Crippen molar-refractivity contribution in [3.8, 4) is 5.75 Å². The van der Waals surface area contributed by atoms with Gasteiger partial charge in [0.05, 0.1) is 0 Å². The number of aromatic hydroxyl groups is 1. The third-order valence-electron chi connectivity index (χ3n) is 2.22. The van der Waals surface area contributed by atoms with Crippen molar-refractivity contribution in [2.45, 2.75) is 6.92 Å². The molecular formula is C12H18ClNO2. The zero-order valence-electron chi connectivity index (χ0n) is 9.80. The molecule has 0 aromatic heterocycles. The van der Waals surface area contributed by atoms with Gasteiger partial charge >= 0.3 is 0 Å². The molecule has 4 heteroatoms. The van der Waals surface area contributed by atoms with Gasteiger partial charge in [0, 0.05) is 18.0 Å².